The van der Waals surface area contributed by atoms with Crippen LogP contribution in [0.1, 0.15) is 52.4 Å². The van der Waals surface area contributed by atoms with Crippen LogP contribution in [0.2, 0.25) is 0 Å². The van der Waals surface area contributed by atoms with Gasteiger partial charge >= 0.3 is 0 Å². The van der Waals surface area contributed by atoms with Crippen LogP contribution in [0, 0.1) is 0 Å². The summed E-state index contributed by atoms with van der Waals surface area (Å²) >= 11 is 0. The normalized spacial score (nSPS) is 16.7. The minimum atomic E-state index is -3.11. The number of hydrogen-bond acceptors (Lipinski definition) is 4. The standard InChI is InChI=1S/C18H39N5O2S.HI/c1-4-19-18(21-13-11-17-23(5-2)26(3,24)25)20-12-10-16-22-14-8-6-7-9-15-22;/h4-17H2,1-3H3,(H2,19,20,21);1H. The summed E-state index contributed by atoms with van der Waals surface area (Å²) in [7, 11) is -3.11. The molecule has 0 aromatic carbocycles. The molecule has 0 saturated carbocycles. The molecule has 1 heterocycles. The second-order valence-corrected chi connectivity index (χ2v) is 8.89. The molecule has 7 nitrogen and oxygen atoms in total. The predicted molar refractivity (Wildman–Crippen MR) is 126 cm³/mol. The van der Waals surface area contributed by atoms with E-state index in [4.69, 9.17) is 0 Å². The second kappa shape index (κ2) is 15.8. The van der Waals surface area contributed by atoms with E-state index in [1.54, 1.807) is 0 Å². The van der Waals surface area contributed by atoms with Gasteiger partial charge in [-0.05, 0) is 52.2 Å². The molecule has 1 aliphatic rings. The first-order valence-corrected chi connectivity index (χ1v) is 12.0. The van der Waals surface area contributed by atoms with Gasteiger partial charge in [0, 0.05) is 32.7 Å². The molecular formula is C18H40IN5O2S. The molecule has 0 aromatic heterocycles. The van der Waals surface area contributed by atoms with Crippen LogP contribution in [0.5, 0.6) is 0 Å². The Bertz CT molecular complexity index is 494. The van der Waals surface area contributed by atoms with Crippen molar-refractivity contribution < 1.29 is 8.42 Å². The highest BCUT2D eigenvalue weighted by Crippen LogP contribution is 2.09. The van der Waals surface area contributed by atoms with Gasteiger partial charge in [0.1, 0.15) is 0 Å². The van der Waals surface area contributed by atoms with Crippen molar-refractivity contribution in [2.75, 3.05) is 58.6 Å². The number of nitrogens with zero attached hydrogens (tertiary/aromatic N) is 3. The van der Waals surface area contributed by atoms with Gasteiger partial charge in [-0.25, -0.2) is 12.7 Å². The van der Waals surface area contributed by atoms with Crippen molar-refractivity contribution in [3.63, 3.8) is 0 Å². The lowest BCUT2D eigenvalue weighted by Crippen LogP contribution is -2.39. The average molecular weight is 518 g/mol. The third-order valence-electron chi connectivity index (χ3n) is 4.64. The van der Waals surface area contributed by atoms with Crippen molar-refractivity contribution in [3.05, 3.63) is 0 Å². The third-order valence-corrected chi connectivity index (χ3v) is 6.02. The Balaban J connectivity index is 0.00000676. The molecule has 27 heavy (non-hydrogen) atoms. The molecule has 0 aromatic rings. The molecule has 0 amide bonds. The van der Waals surface area contributed by atoms with Gasteiger partial charge in [-0.15, -0.1) is 24.0 Å². The van der Waals surface area contributed by atoms with E-state index in [0.29, 0.717) is 19.6 Å². The van der Waals surface area contributed by atoms with Gasteiger partial charge in [-0.3, -0.25) is 4.99 Å². The Kier molecular flexibility index (Phi) is 15.7. The Labute approximate surface area is 183 Å². The van der Waals surface area contributed by atoms with Crippen molar-refractivity contribution >= 4 is 40.0 Å². The summed E-state index contributed by atoms with van der Waals surface area (Å²) in [5.74, 6) is 0.825. The highest BCUT2D eigenvalue weighted by atomic mass is 127. The molecule has 1 fully saturated rings. The van der Waals surface area contributed by atoms with E-state index in [-0.39, 0.29) is 24.0 Å². The molecule has 0 atom stereocenters. The molecule has 9 heteroatoms. The molecule has 0 unspecified atom stereocenters. The number of halogens is 1. The number of nitrogens with one attached hydrogen (secondary N) is 2. The number of aliphatic imine (C=N–C) groups is 1. The van der Waals surface area contributed by atoms with E-state index in [9.17, 15) is 8.42 Å². The summed E-state index contributed by atoms with van der Waals surface area (Å²) in [6.45, 7) is 10.9. The zero-order chi connectivity index (χ0) is 19.3. The fourth-order valence-electron chi connectivity index (χ4n) is 3.21. The lowest BCUT2D eigenvalue weighted by molar-refractivity contribution is 0.282. The van der Waals surface area contributed by atoms with E-state index in [0.717, 1.165) is 38.4 Å². The number of guanidine groups is 1. The molecule has 162 valence electrons. The van der Waals surface area contributed by atoms with E-state index in [2.05, 4.69) is 27.4 Å². The van der Waals surface area contributed by atoms with E-state index in [1.165, 1.54) is 49.3 Å². The Hall–Kier alpha value is -0.130. The first-order valence-electron chi connectivity index (χ1n) is 10.2. The van der Waals surface area contributed by atoms with Crippen molar-refractivity contribution in [3.8, 4) is 0 Å². The average Bonchev–Trinajstić information content (AvgIpc) is 2.86. The summed E-state index contributed by atoms with van der Waals surface area (Å²) in [6, 6.07) is 0. The summed E-state index contributed by atoms with van der Waals surface area (Å²) in [5, 5.41) is 6.65. The zero-order valence-corrected chi connectivity index (χ0v) is 20.5. The fourth-order valence-corrected chi connectivity index (χ4v) is 4.14. The number of hydrogen-bond donors (Lipinski definition) is 2. The third kappa shape index (κ3) is 12.8. The summed E-state index contributed by atoms with van der Waals surface area (Å²) < 4.78 is 24.7. The van der Waals surface area contributed by atoms with Gasteiger partial charge in [0.15, 0.2) is 5.96 Å². The van der Waals surface area contributed by atoms with Crippen LogP contribution >= 0.6 is 24.0 Å². The molecule has 0 radical (unpaired) electrons. The largest absolute Gasteiger partial charge is 0.357 e. The number of rotatable bonds is 11. The lowest BCUT2D eigenvalue weighted by atomic mass is 10.2. The summed E-state index contributed by atoms with van der Waals surface area (Å²) in [6.07, 6.45) is 8.52. The Morgan fingerprint density at radius 1 is 1.07 bits per heavy atom. The van der Waals surface area contributed by atoms with Crippen molar-refractivity contribution in [2.24, 2.45) is 4.99 Å². The monoisotopic (exact) mass is 517 g/mol. The minimum Gasteiger partial charge on any atom is -0.357 e. The SMILES string of the molecule is CCNC(=NCCCN(CC)S(C)(=O)=O)NCCCN1CCCCCC1.I. The highest BCUT2D eigenvalue weighted by Gasteiger charge is 2.13. The van der Waals surface area contributed by atoms with Crippen LogP contribution in [0.25, 0.3) is 0 Å². The second-order valence-electron chi connectivity index (χ2n) is 6.91. The van der Waals surface area contributed by atoms with Crippen molar-refractivity contribution in [1.82, 2.24) is 19.8 Å². The predicted octanol–water partition coefficient (Wildman–Crippen LogP) is 2.10. The number of likely N-dealkylation sites (tertiary alicyclic amines) is 1. The summed E-state index contributed by atoms with van der Waals surface area (Å²) in [5.41, 5.74) is 0. The first kappa shape index (κ1) is 26.9. The van der Waals surface area contributed by atoms with Gasteiger partial charge in [-0.1, -0.05) is 19.8 Å². The van der Waals surface area contributed by atoms with Crippen LogP contribution in [-0.4, -0.2) is 82.2 Å². The molecule has 0 aliphatic carbocycles. The quantitative estimate of drug-likeness (QED) is 0.190. The maximum Gasteiger partial charge on any atom is 0.211 e. The van der Waals surface area contributed by atoms with Crippen LogP contribution in [0.3, 0.4) is 0 Å². The van der Waals surface area contributed by atoms with E-state index >= 15 is 0 Å². The van der Waals surface area contributed by atoms with Crippen molar-refractivity contribution in [1.29, 1.82) is 0 Å². The molecule has 1 saturated heterocycles. The Morgan fingerprint density at radius 2 is 1.74 bits per heavy atom. The zero-order valence-electron chi connectivity index (χ0n) is 17.4. The van der Waals surface area contributed by atoms with E-state index < -0.39 is 10.0 Å². The van der Waals surface area contributed by atoms with Gasteiger partial charge in [-0.2, -0.15) is 0 Å². The molecule has 1 aliphatic heterocycles. The molecular weight excluding hydrogens is 477 g/mol. The van der Waals surface area contributed by atoms with E-state index in [1.807, 2.05) is 6.92 Å². The van der Waals surface area contributed by atoms with Crippen LogP contribution < -0.4 is 10.6 Å². The molecule has 0 spiro atoms. The van der Waals surface area contributed by atoms with Crippen LogP contribution in [-0.2, 0) is 10.0 Å². The maximum absolute atomic E-state index is 11.6. The van der Waals surface area contributed by atoms with Gasteiger partial charge in [0.05, 0.1) is 6.26 Å². The highest BCUT2D eigenvalue weighted by molar-refractivity contribution is 14.0. The molecule has 2 N–H and O–H groups in total. The first-order chi connectivity index (χ1) is 12.5. The maximum atomic E-state index is 11.6. The van der Waals surface area contributed by atoms with Gasteiger partial charge in [0.2, 0.25) is 10.0 Å². The van der Waals surface area contributed by atoms with Crippen molar-refractivity contribution in [2.45, 2.75) is 52.4 Å². The molecule has 0 bridgehead atoms. The topological polar surface area (TPSA) is 77.0 Å². The van der Waals surface area contributed by atoms with Gasteiger partial charge in [0.25, 0.3) is 0 Å². The minimum absolute atomic E-state index is 0. The Morgan fingerprint density at radius 3 is 2.30 bits per heavy atom. The lowest BCUT2D eigenvalue weighted by Gasteiger charge is -2.20. The van der Waals surface area contributed by atoms with Gasteiger partial charge < -0.3 is 15.5 Å². The van der Waals surface area contributed by atoms with Crippen LogP contribution in [0.15, 0.2) is 4.99 Å². The summed E-state index contributed by atoms with van der Waals surface area (Å²) in [4.78, 5) is 7.13. The smallest absolute Gasteiger partial charge is 0.211 e. The fraction of sp³-hybridized carbons (Fsp3) is 0.944. The number of sulfonamides is 1. The molecule has 1 rings (SSSR count). The van der Waals surface area contributed by atoms with Crippen LogP contribution in [0.4, 0.5) is 0 Å².